The lowest BCUT2D eigenvalue weighted by atomic mass is 9.88. The second kappa shape index (κ2) is 10.9. The van der Waals surface area contributed by atoms with E-state index in [0.29, 0.717) is 5.56 Å². The third kappa shape index (κ3) is 6.06. The molecule has 0 aliphatic rings. The number of benzene rings is 2. The van der Waals surface area contributed by atoms with Crippen molar-refractivity contribution in [2.45, 2.75) is 24.8 Å². The second-order valence-electron chi connectivity index (χ2n) is 6.68. The standard InChI is InChI=1S/C21H20F2N2O7/c1-31-19(27)11-14(12-6-8-13(9-7-12)25(29)30)20(21(28)32-2)24-18(26)10-15-16(22)4-3-5-17(15)23/h3-9,14,20H,10-11H2,1-2H3,(H,24,26)/t14-,20-/m0/s1. The van der Waals surface area contributed by atoms with Crippen molar-refractivity contribution in [2.24, 2.45) is 0 Å². The van der Waals surface area contributed by atoms with Crippen LogP contribution in [0, 0.1) is 21.7 Å². The van der Waals surface area contributed by atoms with E-state index >= 15 is 0 Å². The molecule has 2 aromatic carbocycles. The maximum atomic E-state index is 13.9. The average Bonchev–Trinajstić information content (AvgIpc) is 2.78. The minimum Gasteiger partial charge on any atom is -0.469 e. The predicted molar refractivity (Wildman–Crippen MR) is 106 cm³/mol. The van der Waals surface area contributed by atoms with E-state index in [1.54, 1.807) is 0 Å². The molecule has 0 heterocycles. The van der Waals surface area contributed by atoms with Crippen LogP contribution in [0.1, 0.15) is 23.5 Å². The summed E-state index contributed by atoms with van der Waals surface area (Å²) in [4.78, 5) is 47.2. The Bertz CT molecular complexity index is 991. The number of carbonyl (C=O) groups is 3. The highest BCUT2D eigenvalue weighted by Gasteiger charge is 2.34. The van der Waals surface area contributed by atoms with E-state index in [-0.39, 0.29) is 12.1 Å². The number of methoxy groups -OCH3 is 2. The summed E-state index contributed by atoms with van der Waals surface area (Å²) < 4.78 is 37.2. The highest BCUT2D eigenvalue weighted by atomic mass is 19.1. The van der Waals surface area contributed by atoms with Gasteiger partial charge in [0.25, 0.3) is 5.69 Å². The van der Waals surface area contributed by atoms with Crippen molar-refractivity contribution in [1.29, 1.82) is 0 Å². The Morgan fingerprint density at radius 3 is 2.12 bits per heavy atom. The van der Waals surface area contributed by atoms with Crippen LogP contribution >= 0.6 is 0 Å². The van der Waals surface area contributed by atoms with E-state index in [1.165, 1.54) is 24.3 Å². The van der Waals surface area contributed by atoms with Crippen LogP contribution in [-0.4, -0.2) is 43.0 Å². The lowest BCUT2D eigenvalue weighted by molar-refractivity contribution is -0.384. The van der Waals surface area contributed by atoms with Gasteiger partial charge in [-0.05, 0) is 17.7 Å². The van der Waals surface area contributed by atoms with Crippen molar-refractivity contribution in [2.75, 3.05) is 14.2 Å². The van der Waals surface area contributed by atoms with Crippen LogP contribution in [-0.2, 0) is 30.3 Å². The van der Waals surface area contributed by atoms with E-state index in [9.17, 15) is 33.3 Å². The molecule has 0 unspecified atom stereocenters. The minimum atomic E-state index is -1.44. The molecular weight excluding hydrogens is 430 g/mol. The zero-order valence-electron chi connectivity index (χ0n) is 17.2. The largest absolute Gasteiger partial charge is 0.469 e. The van der Waals surface area contributed by atoms with Crippen molar-refractivity contribution in [1.82, 2.24) is 5.32 Å². The molecule has 0 bridgehead atoms. The fourth-order valence-electron chi connectivity index (χ4n) is 3.07. The zero-order valence-corrected chi connectivity index (χ0v) is 17.2. The summed E-state index contributed by atoms with van der Waals surface area (Å²) in [6.07, 6.45) is -1.10. The van der Waals surface area contributed by atoms with Crippen LogP contribution in [0.5, 0.6) is 0 Å². The molecule has 2 atom stereocenters. The highest BCUT2D eigenvalue weighted by Crippen LogP contribution is 2.27. The number of ether oxygens (including phenoxy) is 2. The van der Waals surface area contributed by atoms with E-state index in [1.807, 2.05) is 0 Å². The number of non-ortho nitro benzene ring substituents is 1. The van der Waals surface area contributed by atoms with Crippen LogP contribution in [0.2, 0.25) is 0 Å². The SMILES string of the molecule is COC(=O)C[C@@H](c1ccc([N+](=O)[O-])cc1)[C@H](NC(=O)Cc1c(F)cccc1F)C(=O)OC. The van der Waals surface area contributed by atoms with Gasteiger partial charge in [0.1, 0.15) is 17.7 Å². The number of esters is 2. The topological polar surface area (TPSA) is 125 Å². The summed E-state index contributed by atoms with van der Waals surface area (Å²) in [6, 6.07) is 6.66. The van der Waals surface area contributed by atoms with Gasteiger partial charge in [0.15, 0.2) is 0 Å². The normalized spacial score (nSPS) is 12.4. The summed E-state index contributed by atoms with van der Waals surface area (Å²) >= 11 is 0. The van der Waals surface area contributed by atoms with Crippen molar-refractivity contribution in [3.8, 4) is 0 Å². The number of nitrogens with one attached hydrogen (secondary N) is 1. The Balaban J connectivity index is 2.37. The van der Waals surface area contributed by atoms with Gasteiger partial charge in [-0.2, -0.15) is 0 Å². The number of carbonyl (C=O) groups excluding carboxylic acids is 3. The smallest absolute Gasteiger partial charge is 0.329 e. The molecule has 0 aromatic heterocycles. The van der Waals surface area contributed by atoms with Crippen LogP contribution in [0.4, 0.5) is 14.5 Å². The molecule has 2 aromatic rings. The molecule has 170 valence electrons. The first kappa shape index (κ1) is 24.4. The molecule has 0 aliphatic heterocycles. The molecule has 11 heteroatoms. The first-order chi connectivity index (χ1) is 15.2. The van der Waals surface area contributed by atoms with Gasteiger partial charge in [-0.25, -0.2) is 13.6 Å². The molecule has 0 radical (unpaired) electrons. The molecule has 2 rings (SSSR count). The maximum absolute atomic E-state index is 13.9. The minimum absolute atomic E-state index is 0.223. The number of halogens is 2. The van der Waals surface area contributed by atoms with Crippen molar-refractivity contribution < 1.29 is 37.6 Å². The Labute approximate surface area is 181 Å². The third-order valence-electron chi connectivity index (χ3n) is 4.72. The molecule has 1 N–H and O–H groups in total. The Hall–Kier alpha value is -3.89. The van der Waals surface area contributed by atoms with E-state index < -0.39 is 58.3 Å². The predicted octanol–water partition coefficient (Wildman–Crippen LogP) is 2.42. The molecule has 32 heavy (non-hydrogen) atoms. The molecule has 0 spiro atoms. The highest BCUT2D eigenvalue weighted by molar-refractivity contribution is 5.87. The van der Waals surface area contributed by atoms with Crippen LogP contribution < -0.4 is 5.32 Å². The summed E-state index contributed by atoms with van der Waals surface area (Å²) in [5.41, 5.74) is -0.415. The molecule has 1 amide bonds. The third-order valence-corrected chi connectivity index (χ3v) is 4.72. The van der Waals surface area contributed by atoms with Crippen LogP contribution in [0.3, 0.4) is 0 Å². The number of rotatable bonds is 9. The molecule has 0 saturated heterocycles. The van der Waals surface area contributed by atoms with Gasteiger partial charge in [-0.3, -0.25) is 19.7 Å². The molecular formula is C21H20F2N2O7. The number of nitrogens with zero attached hydrogens (tertiary/aromatic N) is 1. The van der Waals surface area contributed by atoms with Gasteiger partial charge in [0, 0.05) is 23.6 Å². The Morgan fingerprint density at radius 2 is 1.62 bits per heavy atom. The average molecular weight is 450 g/mol. The van der Waals surface area contributed by atoms with Gasteiger partial charge in [0.2, 0.25) is 5.91 Å². The van der Waals surface area contributed by atoms with Gasteiger partial charge in [-0.15, -0.1) is 0 Å². The summed E-state index contributed by atoms with van der Waals surface area (Å²) in [5, 5.41) is 13.3. The van der Waals surface area contributed by atoms with Crippen LogP contribution in [0.25, 0.3) is 0 Å². The van der Waals surface area contributed by atoms with E-state index in [2.05, 4.69) is 10.1 Å². The van der Waals surface area contributed by atoms with Crippen molar-refractivity contribution in [3.05, 3.63) is 75.3 Å². The fourth-order valence-corrected chi connectivity index (χ4v) is 3.07. The summed E-state index contributed by atoms with van der Waals surface area (Å²) in [6.45, 7) is 0. The first-order valence-corrected chi connectivity index (χ1v) is 9.29. The zero-order chi connectivity index (χ0) is 23.8. The van der Waals surface area contributed by atoms with Gasteiger partial charge in [-0.1, -0.05) is 18.2 Å². The Kier molecular flexibility index (Phi) is 8.33. The number of nitro groups is 1. The lowest BCUT2D eigenvalue weighted by Gasteiger charge is -2.26. The second-order valence-corrected chi connectivity index (χ2v) is 6.68. The van der Waals surface area contributed by atoms with Crippen molar-refractivity contribution in [3.63, 3.8) is 0 Å². The van der Waals surface area contributed by atoms with Crippen molar-refractivity contribution >= 4 is 23.5 Å². The molecule has 9 nitrogen and oxygen atoms in total. The Morgan fingerprint density at radius 1 is 1.03 bits per heavy atom. The lowest BCUT2D eigenvalue weighted by Crippen LogP contribution is -2.47. The monoisotopic (exact) mass is 450 g/mol. The quantitative estimate of drug-likeness (QED) is 0.353. The maximum Gasteiger partial charge on any atom is 0.329 e. The van der Waals surface area contributed by atoms with E-state index in [0.717, 1.165) is 32.4 Å². The van der Waals surface area contributed by atoms with Gasteiger partial charge in [0.05, 0.1) is 32.0 Å². The molecule has 0 saturated carbocycles. The molecule has 0 aliphatic carbocycles. The summed E-state index contributed by atoms with van der Waals surface area (Å²) in [7, 11) is 2.19. The van der Waals surface area contributed by atoms with Crippen LogP contribution in [0.15, 0.2) is 42.5 Å². The summed E-state index contributed by atoms with van der Waals surface area (Å²) in [5.74, 6) is -5.46. The van der Waals surface area contributed by atoms with Gasteiger partial charge < -0.3 is 14.8 Å². The van der Waals surface area contributed by atoms with Gasteiger partial charge >= 0.3 is 11.9 Å². The fraction of sp³-hybridized carbons (Fsp3) is 0.286. The first-order valence-electron chi connectivity index (χ1n) is 9.29. The van der Waals surface area contributed by atoms with E-state index in [4.69, 9.17) is 4.74 Å². The number of amides is 1. The number of nitro benzene ring substituents is 1. The molecule has 0 fully saturated rings. The number of hydrogen-bond donors (Lipinski definition) is 1. The number of hydrogen-bond acceptors (Lipinski definition) is 7.